The Kier molecular flexibility index (Phi) is 4.80. The van der Waals surface area contributed by atoms with Crippen molar-refractivity contribution in [2.45, 2.75) is 43.7 Å². The summed E-state index contributed by atoms with van der Waals surface area (Å²) in [5, 5.41) is 37.0. The maximum absolute atomic E-state index is 11.3. The molecule has 17 heavy (non-hydrogen) atoms. The van der Waals surface area contributed by atoms with Crippen LogP contribution in [0.2, 0.25) is 0 Å². The largest absolute Gasteiger partial charge is 0.432 e. The SMILES string of the molecule is C[C@@H](O)[C@H](N)C(=O)OC1OC[C@@H](O)[C@@H](O)[C@@H]1O. The van der Waals surface area contributed by atoms with Gasteiger partial charge in [-0.05, 0) is 6.92 Å². The van der Waals surface area contributed by atoms with Crippen molar-refractivity contribution >= 4 is 5.97 Å². The van der Waals surface area contributed by atoms with E-state index in [-0.39, 0.29) is 6.61 Å². The molecule has 1 fully saturated rings. The van der Waals surface area contributed by atoms with Crippen LogP contribution in [0.3, 0.4) is 0 Å². The Morgan fingerprint density at radius 2 is 2.00 bits per heavy atom. The molecule has 1 aliphatic heterocycles. The van der Waals surface area contributed by atoms with Gasteiger partial charge in [0.05, 0.1) is 12.7 Å². The minimum atomic E-state index is -1.57. The number of carbonyl (C=O) groups is 1. The van der Waals surface area contributed by atoms with Crippen molar-refractivity contribution in [1.82, 2.24) is 0 Å². The van der Waals surface area contributed by atoms with E-state index in [1.165, 1.54) is 6.92 Å². The second-order valence-corrected chi connectivity index (χ2v) is 3.95. The second kappa shape index (κ2) is 5.71. The van der Waals surface area contributed by atoms with Crippen molar-refractivity contribution in [3.8, 4) is 0 Å². The molecule has 100 valence electrons. The molecule has 0 amide bonds. The van der Waals surface area contributed by atoms with Gasteiger partial charge >= 0.3 is 5.97 Å². The predicted octanol–water partition coefficient (Wildman–Crippen LogP) is -3.32. The zero-order valence-electron chi connectivity index (χ0n) is 9.26. The molecule has 0 aromatic heterocycles. The van der Waals surface area contributed by atoms with Crippen LogP contribution in [0.1, 0.15) is 6.92 Å². The number of aliphatic hydroxyl groups is 4. The van der Waals surface area contributed by atoms with Crippen LogP contribution in [0, 0.1) is 0 Å². The molecule has 8 nitrogen and oxygen atoms in total. The van der Waals surface area contributed by atoms with Crippen LogP contribution >= 0.6 is 0 Å². The topological polar surface area (TPSA) is 142 Å². The average Bonchev–Trinajstić information content (AvgIpc) is 2.28. The summed E-state index contributed by atoms with van der Waals surface area (Å²) in [5.74, 6) is -0.965. The quantitative estimate of drug-likeness (QED) is 0.328. The Morgan fingerprint density at radius 3 is 2.53 bits per heavy atom. The standard InChI is InChI=1S/C9H17NO7/c1-3(11)5(10)8(15)17-9-7(14)6(13)4(12)2-16-9/h3-7,9,11-14H,2,10H2,1H3/t3-,4-,5+,6-,7+,9?/m1/s1. The van der Waals surface area contributed by atoms with Gasteiger partial charge in [0.2, 0.25) is 6.29 Å². The van der Waals surface area contributed by atoms with Gasteiger partial charge in [-0.25, -0.2) is 0 Å². The van der Waals surface area contributed by atoms with Crippen LogP contribution in [0.15, 0.2) is 0 Å². The molecule has 1 saturated heterocycles. The monoisotopic (exact) mass is 251 g/mol. The van der Waals surface area contributed by atoms with E-state index in [1.54, 1.807) is 0 Å². The fourth-order valence-corrected chi connectivity index (χ4v) is 1.27. The van der Waals surface area contributed by atoms with Gasteiger partial charge in [0.15, 0.2) is 0 Å². The molecule has 0 aromatic rings. The molecule has 6 atom stereocenters. The van der Waals surface area contributed by atoms with E-state index in [0.29, 0.717) is 0 Å². The molecule has 6 N–H and O–H groups in total. The molecular weight excluding hydrogens is 234 g/mol. The van der Waals surface area contributed by atoms with E-state index in [9.17, 15) is 15.0 Å². The lowest BCUT2D eigenvalue weighted by atomic mass is 10.1. The van der Waals surface area contributed by atoms with Gasteiger partial charge < -0.3 is 35.6 Å². The maximum Gasteiger partial charge on any atom is 0.328 e. The molecule has 0 bridgehead atoms. The van der Waals surface area contributed by atoms with E-state index in [4.69, 9.17) is 20.7 Å². The van der Waals surface area contributed by atoms with E-state index in [2.05, 4.69) is 4.74 Å². The van der Waals surface area contributed by atoms with Gasteiger partial charge in [0, 0.05) is 0 Å². The number of rotatable bonds is 3. The summed E-state index contributed by atoms with van der Waals surface area (Å²) in [7, 11) is 0. The van der Waals surface area contributed by atoms with Gasteiger partial charge in [-0.1, -0.05) is 0 Å². The summed E-state index contributed by atoms with van der Waals surface area (Å²) < 4.78 is 9.51. The minimum absolute atomic E-state index is 0.278. The molecule has 1 aliphatic rings. The van der Waals surface area contributed by atoms with Crippen LogP contribution in [-0.2, 0) is 14.3 Å². The number of hydrogen-bond donors (Lipinski definition) is 5. The molecular formula is C9H17NO7. The van der Waals surface area contributed by atoms with Crippen LogP contribution in [0.5, 0.6) is 0 Å². The zero-order valence-corrected chi connectivity index (χ0v) is 9.26. The fourth-order valence-electron chi connectivity index (χ4n) is 1.27. The number of nitrogens with two attached hydrogens (primary N) is 1. The number of esters is 1. The van der Waals surface area contributed by atoms with Gasteiger partial charge in [-0.15, -0.1) is 0 Å². The van der Waals surface area contributed by atoms with Crippen LogP contribution in [-0.4, -0.2) is 69.8 Å². The van der Waals surface area contributed by atoms with Crippen LogP contribution in [0.4, 0.5) is 0 Å². The first kappa shape index (κ1) is 14.3. The average molecular weight is 251 g/mol. The molecule has 1 unspecified atom stereocenters. The van der Waals surface area contributed by atoms with E-state index in [0.717, 1.165) is 0 Å². The van der Waals surface area contributed by atoms with Crippen molar-refractivity contribution < 1.29 is 34.7 Å². The van der Waals surface area contributed by atoms with E-state index in [1.807, 2.05) is 0 Å². The summed E-state index contributed by atoms with van der Waals surface area (Å²) in [5.41, 5.74) is 5.31. The summed E-state index contributed by atoms with van der Waals surface area (Å²) in [4.78, 5) is 11.3. The van der Waals surface area contributed by atoms with Crippen molar-refractivity contribution in [1.29, 1.82) is 0 Å². The third-order valence-corrected chi connectivity index (χ3v) is 2.48. The van der Waals surface area contributed by atoms with E-state index < -0.39 is 42.7 Å². The minimum Gasteiger partial charge on any atom is -0.432 e. The molecule has 0 radical (unpaired) electrons. The number of carbonyl (C=O) groups excluding carboxylic acids is 1. The van der Waals surface area contributed by atoms with Crippen molar-refractivity contribution in [2.75, 3.05) is 6.61 Å². The molecule has 8 heteroatoms. The second-order valence-electron chi connectivity index (χ2n) is 3.95. The first-order valence-electron chi connectivity index (χ1n) is 5.14. The summed E-state index contributed by atoms with van der Waals surface area (Å²) in [6.45, 7) is 1.03. The zero-order chi connectivity index (χ0) is 13.2. The fraction of sp³-hybridized carbons (Fsp3) is 0.889. The Labute approximate surface area is 97.6 Å². The predicted molar refractivity (Wildman–Crippen MR) is 53.5 cm³/mol. The first-order chi connectivity index (χ1) is 7.84. The number of ether oxygens (including phenoxy) is 2. The highest BCUT2D eigenvalue weighted by Gasteiger charge is 2.40. The first-order valence-corrected chi connectivity index (χ1v) is 5.14. The molecule has 1 heterocycles. The lowest BCUT2D eigenvalue weighted by Crippen LogP contribution is -2.55. The van der Waals surface area contributed by atoms with Crippen LogP contribution in [0.25, 0.3) is 0 Å². The lowest BCUT2D eigenvalue weighted by molar-refractivity contribution is -0.263. The van der Waals surface area contributed by atoms with Gasteiger partial charge in [-0.2, -0.15) is 0 Å². The third kappa shape index (κ3) is 3.35. The molecule has 0 spiro atoms. The molecule has 0 aliphatic carbocycles. The Morgan fingerprint density at radius 1 is 1.41 bits per heavy atom. The van der Waals surface area contributed by atoms with Crippen molar-refractivity contribution in [3.63, 3.8) is 0 Å². The van der Waals surface area contributed by atoms with Crippen molar-refractivity contribution in [3.05, 3.63) is 0 Å². The Bertz CT molecular complexity index is 272. The van der Waals surface area contributed by atoms with Gasteiger partial charge in [0.25, 0.3) is 0 Å². The molecule has 0 aromatic carbocycles. The van der Waals surface area contributed by atoms with Crippen LogP contribution < -0.4 is 5.73 Å². The Hall–Kier alpha value is -0.770. The lowest BCUT2D eigenvalue weighted by Gasteiger charge is -2.34. The highest BCUT2D eigenvalue weighted by molar-refractivity contribution is 5.76. The third-order valence-electron chi connectivity index (χ3n) is 2.48. The molecule has 1 rings (SSSR count). The van der Waals surface area contributed by atoms with Gasteiger partial charge in [0.1, 0.15) is 24.4 Å². The smallest absolute Gasteiger partial charge is 0.328 e. The summed E-state index contributed by atoms with van der Waals surface area (Å²) in [6.07, 6.45) is -6.80. The highest BCUT2D eigenvalue weighted by atomic mass is 16.7. The number of hydrogen-bond acceptors (Lipinski definition) is 8. The van der Waals surface area contributed by atoms with Gasteiger partial charge in [-0.3, -0.25) is 4.79 Å². The highest BCUT2D eigenvalue weighted by Crippen LogP contribution is 2.17. The number of aliphatic hydroxyl groups excluding tert-OH is 4. The normalized spacial score (nSPS) is 37.3. The molecule has 0 saturated carbocycles. The maximum atomic E-state index is 11.3. The van der Waals surface area contributed by atoms with Crippen molar-refractivity contribution in [2.24, 2.45) is 5.73 Å². The summed E-state index contributed by atoms with van der Waals surface area (Å²) in [6, 6.07) is -1.27. The Balaban J connectivity index is 2.54. The van der Waals surface area contributed by atoms with E-state index >= 15 is 0 Å². The summed E-state index contributed by atoms with van der Waals surface area (Å²) >= 11 is 0.